The summed E-state index contributed by atoms with van der Waals surface area (Å²) in [6.07, 6.45) is 7.11. The summed E-state index contributed by atoms with van der Waals surface area (Å²) in [6, 6.07) is -1.46. The molecule has 0 aromatic carbocycles. The van der Waals surface area contributed by atoms with Gasteiger partial charge in [0.05, 0.1) is 25.2 Å². The molecule has 2 atom stereocenters. The van der Waals surface area contributed by atoms with Gasteiger partial charge in [-0.1, -0.05) is 0 Å². The monoisotopic (exact) mass is 444 g/mol. The number of carbonyl (C=O) groups is 4. The van der Waals surface area contributed by atoms with Crippen LogP contribution in [0.25, 0.3) is 0 Å². The van der Waals surface area contributed by atoms with Crippen LogP contribution in [0, 0.1) is 5.92 Å². The molecule has 0 spiro atoms. The van der Waals surface area contributed by atoms with Gasteiger partial charge in [0.2, 0.25) is 17.7 Å². The molecule has 1 aromatic rings. The zero-order chi connectivity index (χ0) is 22.5. The van der Waals surface area contributed by atoms with E-state index < -0.39 is 18.0 Å². The van der Waals surface area contributed by atoms with E-state index >= 15 is 0 Å². The maximum atomic E-state index is 13.3. The number of nitrogens with one attached hydrogen (secondary N) is 2. The molecule has 3 saturated heterocycles. The molecular weight excluding hydrogens is 414 g/mol. The lowest BCUT2D eigenvalue weighted by Gasteiger charge is -2.42. The number of amides is 4. The number of aromatic nitrogens is 2. The highest BCUT2D eigenvalue weighted by atomic mass is 16.2. The van der Waals surface area contributed by atoms with Gasteiger partial charge >= 0.3 is 0 Å². The molecule has 0 radical (unpaired) electrons. The van der Waals surface area contributed by atoms with E-state index in [0.717, 1.165) is 32.4 Å². The van der Waals surface area contributed by atoms with Crippen LogP contribution in [0.1, 0.15) is 36.0 Å². The topological polar surface area (TPSA) is 141 Å². The summed E-state index contributed by atoms with van der Waals surface area (Å²) >= 11 is 0. The number of piperidine rings is 2. The molecular formula is C21H30N7O4+. The lowest BCUT2D eigenvalue weighted by atomic mass is 9.95. The highest BCUT2D eigenvalue weighted by Crippen LogP contribution is 2.20. The van der Waals surface area contributed by atoms with E-state index in [9.17, 15) is 19.2 Å². The minimum atomic E-state index is -0.842. The van der Waals surface area contributed by atoms with Crippen molar-refractivity contribution in [2.45, 2.75) is 37.8 Å². The Hall–Kier alpha value is -3.08. The largest absolute Gasteiger partial charge is 0.354 e. The van der Waals surface area contributed by atoms with Crippen molar-refractivity contribution < 1.29 is 24.5 Å². The van der Waals surface area contributed by atoms with E-state index in [1.165, 1.54) is 18.7 Å². The summed E-state index contributed by atoms with van der Waals surface area (Å²) in [6.45, 7) is 3.04. The van der Waals surface area contributed by atoms with Crippen LogP contribution < -0.4 is 16.0 Å². The summed E-state index contributed by atoms with van der Waals surface area (Å²) < 4.78 is 0. The van der Waals surface area contributed by atoms with Crippen molar-refractivity contribution in [3.8, 4) is 0 Å². The molecule has 0 bridgehead atoms. The maximum absolute atomic E-state index is 13.3. The molecule has 4 N–H and O–H groups in total. The van der Waals surface area contributed by atoms with Gasteiger partial charge in [0.15, 0.2) is 0 Å². The second-order valence-electron chi connectivity index (χ2n) is 8.56. The van der Waals surface area contributed by atoms with E-state index in [1.54, 1.807) is 9.80 Å². The third-order valence-corrected chi connectivity index (χ3v) is 6.45. The second-order valence-corrected chi connectivity index (χ2v) is 8.56. The van der Waals surface area contributed by atoms with Gasteiger partial charge in [-0.3, -0.25) is 19.2 Å². The average Bonchev–Trinajstić information content (AvgIpc) is 2.85. The third-order valence-electron chi connectivity index (χ3n) is 6.45. The minimum absolute atomic E-state index is 0.0403. The van der Waals surface area contributed by atoms with Gasteiger partial charge in [-0.15, -0.1) is 0 Å². The van der Waals surface area contributed by atoms with Crippen LogP contribution in [0.15, 0.2) is 18.7 Å². The molecule has 172 valence electrons. The smallest absolute Gasteiger partial charge is 0.257 e. The summed E-state index contributed by atoms with van der Waals surface area (Å²) in [5, 5.41) is 7.76. The normalized spacial score (nSPS) is 24.6. The fourth-order valence-electron chi connectivity index (χ4n) is 4.63. The van der Waals surface area contributed by atoms with Crippen molar-refractivity contribution in [1.82, 2.24) is 30.4 Å². The molecule has 4 heterocycles. The van der Waals surface area contributed by atoms with E-state index in [1.807, 2.05) is 0 Å². The highest BCUT2D eigenvalue weighted by molar-refractivity contribution is 5.96. The lowest BCUT2D eigenvalue weighted by Crippen LogP contribution is -2.86. The van der Waals surface area contributed by atoms with Crippen molar-refractivity contribution in [1.29, 1.82) is 0 Å². The van der Waals surface area contributed by atoms with E-state index in [4.69, 9.17) is 0 Å². The Labute approximate surface area is 186 Å². The van der Waals surface area contributed by atoms with Gasteiger partial charge in [-0.25, -0.2) is 9.97 Å². The number of nitrogens with two attached hydrogens (primary N) is 1. The standard InChI is InChI=1S/C21H29N7O4/c29-18-16(2-1-5-25-18)26-19(30)17-12-27(20(31)15-10-23-13-24-11-15)8-9-28(17)21(32)14-3-6-22-7-4-14/h10-11,13-14,16-17,22H,1-9,12H2,(H,25,29)(H,26,30)/p+1/t16-,17-/m0/s1. The number of rotatable bonds is 4. The quantitative estimate of drug-likeness (QED) is 0.469. The number of piperazine rings is 1. The van der Waals surface area contributed by atoms with E-state index in [2.05, 4.69) is 25.9 Å². The highest BCUT2D eigenvalue weighted by Gasteiger charge is 2.41. The molecule has 4 rings (SSSR count). The summed E-state index contributed by atoms with van der Waals surface area (Å²) in [7, 11) is 0. The Kier molecular flexibility index (Phi) is 6.93. The molecule has 4 amide bonds. The summed E-state index contributed by atoms with van der Waals surface area (Å²) in [5.41, 5.74) is 0.334. The van der Waals surface area contributed by atoms with Crippen LogP contribution >= 0.6 is 0 Å². The van der Waals surface area contributed by atoms with Crippen molar-refractivity contribution in [3.05, 3.63) is 24.3 Å². The molecule has 32 heavy (non-hydrogen) atoms. The van der Waals surface area contributed by atoms with Crippen LogP contribution in [0.5, 0.6) is 0 Å². The first-order valence-corrected chi connectivity index (χ1v) is 11.3. The van der Waals surface area contributed by atoms with Crippen molar-refractivity contribution in [2.24, 2.45) is 5.92 Å². The molecule has 0 saturated carbocycles. The fraction of sp³-hybridized carbons (Fsp3) is 0.619. The number of hydrogen-bond acceptors (Lipinski definition) is 6. The van der Waals surface area contributed by atoms with E-state index in [-0.39, 0.29) is 36.7 Å². The van der Waals surface area contributed by atoms with Crippen molar-refractivity contribution >= 4 is 23.6 Å². The van der Waals surface area contributed by atoms with Gasteiger partial charge in [0, 0.05) is 50.8 Å². The predicted molar refractivity (Wildman–Crippen MR) is 112 cm³/mol. The molecule has 0 unspecified atom stereocenters. The molecule has 3 aliphatic heterocycles. The molecule has 1 aromatic heterocycles. The van der Waals surface area contributed by atoms with Gasteiger partial charge in [-0.2, -0.15) is 0 Å². The number of carbonyl (C=O) groups excluding carboxylic acids is 4. The Morgan fingerprint density at radius 2 is 1.84 bits per heavy atom. The van der Waals surface area contributed by atoms with Crippen LogP contribution in [-0.4, -0.2) is 94.7 Å². The SMILES string of the molecule is O=C1NCCC[C@@H]1NC(=O)[C@@H]1CN(C(=O)c2cncnc2)CCN1C(=O)C1CC[NH2+]CC1. The van der Waals surface area contributed by atoms with Crippen LogP contribution in [0.2, 0.25) is 0 Å². The average molecular weight is 445 g/mol. The first-order chi connectivity index (χ1) is 15.5. The van der Waals surface area contributed by atoms with Gasteiger partial charge < -0.3 is 25.8 Å². The second kappa shape index (κ2) is 10.0. The Balaban J connectivity index is 1.51. The molecule has 3 fully saturated rings. The van der Waals surface area contributed by atoms with Crippen LogP contribution in [-0.2, 0) is 14.4 Å². The Morgan fingerprint density at radius 3 is 2.56 bits per heavy atom. The zero-order valence-electron chi connectivity index (χ0n) is 18.0. The van der Waals surface area contributed by atoms with Crippen LogP contribution in [0.3, 0.4) is 0 Å². The fourth-order valence-corrected chi connectivity index (χ4v) is 4.63. The van der Waals surface area contributed by atoms with Gasteiger partial charge in [-0.05, 0) is 12.8 Å². The van der Waals surface area contributed by atoms with Crippen molar-refractivity contribution in [2.75, 3.05) is 39.3 Å². The van der Waals surface area contributed by atoms with Gasteiger partial charge in [0.1, 0.15) is 18.4 Å². The number of quaternary nitrogens is 1. The number of hydrogen-bond donors (Lipinski definition) is 3. The van der Waals surface area contributed by atoms with E-state index in [0.29, 0.717) is 25.1 Å². The van der Waals surface area contributed by atoms with Crippen molar-refractivity contribution in [3.63, 3.8) is 0 Å². The van der Waals surface area contributed by atoms with Gasteiger partial charge in [0.25, 0.3) is 5.91 Å². The first kappa shape index (κ1) is 22.1. The maximum Gasteiger partial charge on any atom is 0.257 e. The minimum Gasteiger partial charge on any atom is -0.354 e. The molecule has 0 aliphatic carbocycles. The van der Waals surface area contributed by atoms with Crippen LogP contribution in [0.4, 0.5) is 0 Å². The molecule has 11 heteroatoms. The third kappa shape index (κ3) is 4.87. The first-order valence-electron chi connectivity index (χ1n) is 11.3. The summed E-state index contributed by atoms with van der Waals surface area (Å²) in [5.74, 6) is -1.04. The molecule has 3 aliphatic rings. The zero-order valence-corrected chi connectivity index (χ0v) is 18.0. The Morgan fingerprint density at radius 1 is 1.09 bits per heavy atom. The predicted octanol–water partition coefficient (Wildman–Crippen LogP) is -2.50. The lowest BCUT2D eigenvalue weighted by molar-refractivity contribution is -0.664. The Bertz CT molecular complexity index is 859. The summed E-state index contributed by atoms with van der Waals surface area (Å²) in [4.78, 5) is 62.6. The number of nitrogens with zero attached hydrogens (tertiary/aromatic N) is 4. The molecule has 11 nitrogen and oxygen atoms in total.